The fourth-order valence-electron chi connectivity index (χ4n) is 2.69. The van der Waals surface area contributed by atoms with Crippen LogP contribution in [0.1, 0.15) is 64.0 Å². The Kier molecular flexibility index (Phi) is 15.8. The van der Waals surface area contributed by atoms with E-state index in [-0.39, 0.29) is 12.8 Å². The number of carbonyl (C=O) groups excluding carboxylic acids is 2. The standard InChI is InChI=1S/C26H37N3O3/c1-2-3-4-5-6-7-8-9-10-11-12-13-14-15-16-17-18-19-25(30)32-26(31)24(27)20-23-21-28-22-29-23/h3-4,6-7,9-10,12-13,15-16,21-22,24H,2,5,8,11,14,17-20,27H2,1H3,(H,28,29)/b4-3-,7-6-,10-9-,13-12-,16-15-/t24-/m0/s1. The number of imidazole rings is 1. The van der Waals surface area contributed by atoms with Gasteiger partial charge in [-0.3, -0.25) is 4.79 Å². The summed E-state index contributed by atoms with van der Waals surface area (Å²) in [5, 5.41) is 0. The molecule has 0 aromatic carbocycles. The third-order valence-electron chi connectivity index (χ3n) is 4.42. The van der Waals surface area contributed by atoms with Crippen LogP contribution < -0.4 is 5.73 Å². The number of rotatable bonds is 16. The van der Waals surface area contributed by atoms with Crippen molar-refractivity contribution in [2.75, 3.05) is 0 Å². The summed E-state index contributed by atoms with van der Waals surface area (Å²) in [4.78, 5) is 30.3. The fourth-order valence-corrected chi connectivity index (χ4v) is 2.69. The maximum Gasteiger partial charge on any atom is 0.330 e. The average Bonchev–Trinajstić information content (AvgIpc) is 3.29. The van der Waals surface area contributed by atoms with Gasteiger partial charge in [0.25, 0.3) is 0 Å². The van der Waals surface area contributed by atoms with Crippen molar-refractivity contribution in [1.29, 1.82) is 0 Å². The largest absolute Gasteiger partial charge is 0.392 e. The Hall–Kier alpha value is -2.99. The van der Waals surface area contributed by atoms with E-state index >= 15 is 0 Å². The van der Waals surface area contributed by atoms with Crippen molar-refractivity contribution < 1.29 is 14.3 Å². The number of unbranched alkanes of at least 4 members (excludes halogenated alkanes) is 1. The molecule has 0 saturated carbocycles. The highest BCUT2D eigenvalue weighted by atomic mass is 16.6. The van der Waals surface area contributed by atoms with Gasteiger partial charge in [0.2, 0.25) is 0 Å². The molecule has 0 radical (unpaired) electrons. The molecule has 1 heterocycles. The van der Waals surface area contributed by atoms with Crippen molar-refractivity contribution in [1.82, 2.24) is 9.97 Å². The molecule has 0 aliphatic carbocycles. The van der Waals surface area contributed by atoms with Gasteiger partial charge in [-0.25, -0.2) is 9.78 Å². The zero-order valence-corrected chi connectivity index (χ0v) is 19.1. The highest BCUT2D eigenvalue weighted by molar-refractivity contribution is 5.88. The van der Waals surface area contributed by atoms with Gasteiger partial charge in [0, 0.05) is 24.7 Å². The van der Waals surface area contributed by atoms with Gasteiger partial charge in [-0.2, -0.15) is 0 Å². The van der Waals surface area contributed by atoms with E-state index in [2.05, 4.69) is 71.6 Å². The van der Waals surface area contributed by atoms with Crippen molar-refractivity contribution in [3.05, 3.63) is 79.0 Å². The van der Waals surface area contributed by atoms with E-state index in [1.54, 1.807) is 6.20 Å². The van der Waals surface area contributed by atoms with Crippen LogP contribution in [0.5, 0.6) is 0 Å². The summed E-state index contributed by atoms with van der Waals surface area (Å²) in [6.45, 7) is 2.14. The summed E-state index contributed by atoms with van der Waals surface area (Å²) in [6.07, 6.45) is 31.3. The van der Waals surface area contributed by atoms with E-state index in [4.69, 9.17) is 10.5 Å². The van der Waals surface area contributed by atoms with Gasteiger partial charge in [0.05, 0.1) is 6.33 Å². The lowest BCUT2D eigenvalue weighted by molar-refractivity contribution is -0.160. The van der Waals surface area contributed by atoms with Gasteiger partial charge in [-0.05, 0) is 44.9 Å². The normalized spacial score (nSPS) is 13.3. The van der Waals surface area contributed by atoms with Crippen molar-refractivity contribution >= 4 is 11.9 Å². The molecule has 6 heteroatoms. The Morgan fingerprint density at radius 1 is 0.969 bits per heavy atom. The first kappa shape index (κ1) is 27.0. The first-order chi connectivity index (χ1) is 15.6. The smallest absolute Gasteiger partial charge is 0.330 e. The fraction of sp³-hybridized carbons (Fsp3) is 0.423. The van der Waals surface area contributed by atoms with Crippen LogP contribution in [0.4, 0.5) is 0 Å². The Balaban J connectivity index is 2.02. The molecule has 0 amide bonds. The Morgan fingerprint density at radius 3 is 2.06 bits per heavy atom. The number of H-pyrrole nitrogens is 1. The number of esters is 2. The summed E-state index contributed by atoms with van der Waals surface area (Å²) < 4.78 is 4.80. The molecule has 1 rings (SSSR count). The average molecular weight is 440 g/mol. The first-order valence-corrected chi connectivity index (χ1v) is 11.4. The minimum atomic E-state index is -0.884. The lowest BCUT2D eigenvalue weighted by Gasteiger charge is -2.08. The number of hydrogen-bond donors (Lipinski definition) is 2. The monoisotopic (exact) mass is 439 g/mol. The van der Waals surface area contributed by atoms with Crippen LogP contribution in [0.3, 0.4) is 0 Å². The van der Waals surface area contributed by atoms with Crippen molar-refractivity contribution in [3.63, 3.8) is 0 Å². The Morgan fingerprint density at radius 2 is 1.53 bits per heavy atom. The predicted molar refractivity (Wildman–Crippen MR) is 130 cm³/mol. The SMILES string of the molecule is CC/C=C\C/C=C\C/C=C\C/C=C\C/C=C\CCCC(=O)OC(=O)[C@@H](N)Cc1cnc[nH]1. The zero-order valence-electron chi connectivity index (χ0n) is 19.1. The number of ether oxygens (including phenoxy) is 1. The van der Waals surface area contributed by atoms with Crippen LogP contribution in [0.25, 0.3) is 0 Å². The van der Waals surface area contributed by atoms with E-state index in [0.717, 1.165) is 44.2 Å². The number of nitrogens with zero attached hydrogens (tertiary/aromatic N) is 1. The lowest BCUT2D eigenvalue weighted by Crippen LogP contribution is -2.35. The van der Waals surface area contributed by atoms with Gasteiger partial charge in [0.1, 0.15) is 6.04 Å². The molecule has 0 saturated heterocycles. The zero-order chi connectivity index (χ0) is 23.3. The number of hydrogen-bond acceptors (Lipinski definition) is 5. The molecule has 0 unspecified atom stereocenters. The summed E-state index contributed by atoms with van der Waals surface area (Å²) in [7, 11) is 0. The number of aromatic amines is 1. The van der Waals surface area contributed by atoms with Gasteiger partial charge >= 0.3 is 11.9 Å². The highest BCUT2D eigenvalue weighted by Crippen LogP contribution is 2.03. The van der Waals surface area contributed by atoms with Gasteiger partial charge in [0.15, 0.2) is 0 Å². The quantitative estimate of drug-likeness (QED) is 0.158. The van der Waals surface area contributed by atoms with E-state index in [1.165, 1.54) is 6.33 Å². The molecule has 0 spiro atoms. The molecular weight excluding hydrogens is 402 g/mol. The molecule has 0 aliphatic heterocycles. The van der Waals surface area contributed by atoms with Crippen LogP contribution in [0, 0.1) is 0 Å². The number of nitrogens with two attached hydrogens (primary N) is 1. The minimum Gasteiger partial charge on any atom is -0.392 e. The van der Waals surface area contributed by atoms with Gasteiger partial charge < -0.3 is 15.5 Å². The molecule has 0 fully saturated rings. The molecule has 1 aromatic rings. The number of aromatic nitrogens is 2. The number of carbonyl (C=O) groups is 2. The second-order valence-electron chi connectivity index (χ2n) is 7.28. The second-order valence-corrected chi connectivity index (χ2v) is 7.28. The minimum absolute atomic E-state index is 0.191. The molecule has 6 nitrogen and oxygen atoms in total. The van der Waals surface area contributed by atoms with Crippen LogP contribution >= 0.6 is 0 Å². The maximum atomic E-state index is 11.8. The molecule has 1 atom stereocenters. The van der Waals surface area contributed by atoms with E-state index in [9.17, 15) is 9.59 Å². The maximum absolute atomic E-state index is 11.8. The lowest BCUT2D eigenvalue weighted by atomic mass is 10.2. The topological polar surface area (TPSA) is 98.1 Å². The summed E-state index contributed by atoms with van der Waals surface area (Å²) in [5.41, 5.74) is 6.47. The molecule has 3 N–H and O–H groups in total. The third-order valence-corrected chi connectivity index (χ3v) is 4.42. The molecule has 32 heavy (non-hydrogen) atoms. The van der Waals surface area contributed by atoms with Crippen molar-refractivity contribution in [2.45, 2.75) is 70.8 Å². The molecule has 174 valence electrons. The second kappa shape index (κ2) is 18.8. The Bertz CT molecular complexity index is 774. The van der Waals surface area contributed by atoms with E-state index in [0.29, 0.717) is 6.42 Å². The van der Waals surface area contributed by atoms with Crippen molar-refractivity contribution in [3.8, 4) is 0 Å². The molecule has 0 aliphatic rings. The number of allylic oxidation sites excluding steroid dienone is 10. The summed E-state index contributed by atoms with van der Waals surface area (Å²) in [5.74, 6) is -1.25. The van der Waals surface area contributed by atoms with Gasteiger partial charge in [-0.1, -0.05) is 67.7 Å². The third kappa shape index (κ3) is 14.9. The summed E-state index contributed by atoms with van der Waals surface area (Å²) in [6, 6.07) is -0.884. The molecular formula is C26H37N3O3. The number of nitrogens with one attached hydrogen (secondary N) is 1. The summed E-state index contributed by atoms with van der Waals surface area (Å²) >= 11 is 0. The van der Waals surface area contributed by atoms with Crippen molar-refractivity contribution in [2.24, 2.45) is 5.73 Å². The Labute approximate surface area is 192 Å². The van der Waals surface area contributed by atoms with Gasteiger partial charge in [-0.15, -0.1) is 0 Å². The van der Waals surface area contributed by atoms with E-state index in [1.807, 2.05) is 6.08 Å². The van der Waals surface area contributed by atoms with Crippen LogP contribution in [-0.4, -0.2) is 27.9 Å². The van der Waals surface area contributed by atoms with Crippen LogP contribution in [0.2, 0.25) is 0 Å². The predicted octanol–water partition coefficient (Wildman–Crippen LogP) is 5.27. The highest BCUT2D eigenvalue weighted by Gasteiger charge is 2.19. The van der Waals surface area contributed by atoms with E-state index < -0.39 is 18.0 Å². The first-order valence-electron chi connectivity index (χ1n) is 11.4. The van der Waals surface area contributed by atoms with Crippen LogP contribution in [-0.2, 0) is 20.7 Å². The molecule has 1 aromatic heterocycles. The van der Waals surface area contributed by atoms with Crippen LogP contribution in [0.15, 0.2) is 73.3 Å². The molecule has 0 bridgehead atoms.